The lowest BCUT2D eigenvalue weighted by atomic mass is 10.1. The number of carbonyl (C=O) groups is 1. The molecule has 4 nitrogen and oxygen atoms in total. The zero-order valence-electron chi connectivity index (χ0n) is 10.3. The minimum absolute atomic E-state index is 0.0482. The van der Waals surface area contributed by atoms with Crippen molar-refractivity contribution in [1.82, 2.24) is 4.98 Å². The molecule has 2 rings (SSSR count). The molecule has 17 heavy (non-hydrogen) atoms. The van der Waals surface area contributed by atoms with Crippen LogP contribution in [0.5, 0.6) is 0 Å². The Balaban J connectivity index is 2.17. The van der Waals surface area contributed by atoms with Gasteiger partial charge in [-0.25, -0.2) is 4.98 Å². The van der Waals surface area contributed by atoms with Gasteiger partial charge in [0.05, 0.1) is 5.56 Å². The zero-order valence-corrected chi connectivity index (χ0v) is 10.3. The maximum atomic E-state index is 11.5. The highest BCUT2D eigenvalue weighted by Gasteiger charge is 2.17. The number of anilines is 1. The van der Waals surface area contributed by atoms with Crippen LogP contribution < -0.4 is 5.32 Å². The Labute approximate surface area is 101 Å². The molecule has 0 aliphatic carbocycles. The summed E-state index contributed by atoms with van der Waals surface area (Å²) < 4.78 is 5.31. The van der Waals surface area contributed by atoms with E-state index in [1.165, 1.54) is 0 Å². The Morgan fingerprint density at radius 3 is 2.76 bits per heavy atom. The minimum Gasteiger partial charge on any atom is -0.381 e. The average molecular weight is 234 g/mol. The van der Waals surface area contributed by atoms with Gasteiger partial charge < -0.3 is 10.1 Å². The van der Waals surface area contributed by atoms with Crippen molar-refractivity contribution in [2.45, 2.75) is 32.7 Å². The largest absolute Gasteiger partial charge is 0.381 e. The monoisotopic (exact) mass is 234 g/mol. The van der Waals surface area contributed by atoms with E-state index in [-0.39, 0.29) is 5.78 Å². The van der Waals surface area contributed by atoms with Gasteiger partial charge in [-0.15, -0.1) is 0 Å². The number of nitrogens with zero attached hydrogens (tertiary/aromatic N) is 1. The van der Waals surface area contributed by atoms with Crippen LogP contribution in [-0.2, 0) is 4.74 Å². The molecule has 0 unspecified atom stereocenters. The highest BCUT2D eigenvalue weighted by atomic mass is 16.5. The van der Waals surface area contributed by atoms with E-state index in [0.717, 1.165) is 31.7 Å². The molecule has 1 aromatic heterocycles. The number of carbonyl (C=O) groups excluding carboxylic acids is 1. The van der Waals surface area contributed by atoms with E-state index in [9.17, 15) is 4.79 Å². The lowest BCUT2D eigenvalue weighted by molar-refractivity contribution is 0.0903. The van der Waals surface area contributed by atoms with Crippen LogP contribution in [0.1, 0.15) is 35.8 Å². The Morgan fingerprint density at radius 2 is 2.12 bits per heavy atom. The molecule has 0 spiro atoms. The highest BCUT2D eigenvalue weighted by Crippen LogP contribution is 2.18. The van der Waals surface area contributed by atoms with Crippen LogP contribution in [0.4, 0.5) is 5.82 Å². The quantitative estimate of drug-likeness (QED) is 0.814. The molecule has 1 aliphatic heterocycles. The predicted octanol–water partition coefficient (Wildman–Crippen LogP) is 2.18. The molecule has 1 N–H and O–H groups in total. The number of pyridine rings is 1. The number of nitrogens with one attached hydrogen (secondary N) is 1. The molecular weight excluding hydrogens is 216 g/mol. The number of hydrogen-bond acceptors (Lipinski definition) is 4. The zero-order chi connectivity index (χ0) is 12.3. The van der Waals surface area contributed by atoms with Crippen LogP contribution in [-0.4, -0.2) is 30.0 Å². The molecule has 0 atom stereocenters. The maximum Gasteiger partial charge on any atom is 0.163 e. The van der Waals surface area contributed by atoms with E-state index in [1.54, 1.807) is 6.92 Å². The van der Waals surface area contributed by atoms with E-state index in [2.05, 4.69) is 10.3 Å². The first-order chi connectivity index (χ1) is 8.16. The van der Waals surface area contributed by atoms with Crippen molar-refractivity contribution in [3.8, 4) is 0 Å². The number of hydrogen-bond donors (Lipinski definition) is 1. The van der Waals surface area contributed by atoms with Crippen molar-refractivity contribution >= 4 is 11.6 Å². The summed E-state index contributed by atoms with van der Waals surface area (Å²) in [6.07, 6.45) is 1.93. The fraction of sp³-hybridized carbons (Fsp3) is 0.538. The summed E-state index contributed by atoms with van der Waals surface area (Å²) in [5.41, 5.74) is 1.59. The van der Waals surface area contributed by atoms with Gasteiger partial charge in [0.1, 0.15) is 5.82 Å². The van der Waals surface area contributed by atoms with Gasteiger partial charge in [0.25, 0.3) is 0 Å². The second kappa shape index (κ2) is 5.27. The van der Waals surface area contributed by atoms with E-state index >= 15 is 0 Å². The summed E-state index contributed by atoms with van der Waals surface area (Å²) in [6, 6.07) is 4.06. The van der Waals surface area contributed by atoms with Crippen molar-refractivity contribution in [1.29, 1.82) is 0 Å². The van der Waals surface area contributed by atoms with E-state index in [1.807, 2.05) is 19.1 Å². The molecule has 0 radical (unpaired) electrons. The lowest BCUT2D eigenvalue weighted by Gasteiger charge is -2.24. The highest BCUT2D eigenvalue weighted by molar-refractivity contribution is 5.98. The van der Waals surface area contributed by atoms with Gasteiger partial charge in [-0.3, -0.25) is 4.79 Å². The van der Waals surface area contributed by atoms with Crippen LogP contribution in [0.25, 0.3) is 0 Å². The van der Waals surface area contributed by atoms with Gasteiger partial charge in [-0.05, 0) is 38.8 Å². The van der Waals surface area contributed by atoms with Crippen LogP contribution in [0.2, 0.25) is 0 Å². The van der Waals surface area contributed by atoms with Crippen molar-refractivity contribution < 1.29 is 9.53 Å². The number of ether oxygens (including phenoxy) is 1. The number of aryl methyl sites for hydroxylation is 1. The fourth-order valence-corrected chi connectivity index (χ4v) is 1.99. The molecule has 0 bridgehead atoms. The van der Waals surface area contributed by atoms with Gasteiger partial charge in [-0.1, -0.05) is 0 Å². The first kappa shape index (κ1) is 12.0. The summed E-state index contributed by atoms with van der Waals surface area (Å²) in [5, 5.41) is 3.36. The third-order valence-corrected chi connectivity index (χ3v) is 2.98. The first-order valence-corrected chi connectivity index (χ1v) is 5.99. The second-order valence-corrected chi connectivity index (χ2v) is 4.44. The van der Waals surface area contributed by atoms with Gasteiger partial charge in [-0.2, -0.15) is 0 Å². The Kier molecular flexibility index (Phi) is 3.74. The molecule has 0 saturated carbocycles. The van der Waals surface area contributed by atoms with Crippen molar-refractivity contribution in [2.75, 3.05) is 18.5 Å². The molecule has 1 saturated heterocycles. The molecular formula is C13H18N2O2. The Morgan fingerprint density at radius 1 is 1.41 bits per heavy atom. The molecule has 4 heteroatoms. The number of ketones is 1. The molecule has 92 valence electrons. The van der Waals surface area contributed by atoms with Gasteiger partial charge in [0.2, 0.25) is 0 Å². The van der Waals surface area contributed by atoms with Crippen molar-refractivity contribution in [2.24, 2.45) is 0 Å². The normalized spacial score (nSPS) is 16.8. The standard InChI is InChI=1S/C13H18N2O2/c1-9-3-4-12(10(2)16)13(14-9)15-11-5-7-17-8-6-11/h3-4,11H,5-8H2,1-2H3,(H,14,15). The Hall–Kier alpha value is -1.42. The fourth-order valence-electron chi connectivity index (χ4n) is 1.99. The predicted molar refractivity (Wildman–Crippen MR) is 66.4 cm³/mol. The Bertz CT molecular complexity index is 412. The van der Waals surface area contributed by atoms with Crippen LogP contribution in [0.3, 0.4) is 0 Å². The molecule has 2 heterocycles. The molecule has 0 amide bonds. The topological polar surface area (TPSA) is 51.2 Å². The number of aromatic nitrogens is 1. The van der Waals surface area contributed by atoms with Crippen molar-refractivity contribution in [3.63, 3.8) is 0 Å². The summed E-state index contributed by atoms with van der Waals surface area (Å²) in [6.45, 7) is 5.05. The number of Topliss-reactive ketones (excluding diaryl/α,β-unsaturated/α-hetero) is 1. The van der Waals surface area contributed by atoms with E-state index < -0.39 is 0 Å². The van der Waals surface area contributed by atoms with Gasteiger partial charge in [0, 0.05) is 24.9 Å². The summed E-state index contributed by atoms with van der Waals surface area (Å²) >= 11 is 0. The minimum atomic E-state index is 0.0482. The molecule has 1 aliphatic rings. The third kappa shape index (κ3) is 3.03. The lowest BCUT2D eigenvalue weighted by Crippen LogP contribution is -2.29. The third-order valence-electron chi connectivity index (χ3n) is 2.98. The van der Waals surface area contributed by atoms with Gasteiger partial charge >= 0.3 is 0 Å². The molecule has 1 fully saturated rings. The van der Waals surface area contributed by atoms with Crippen LogP contribution in [0, 0.1) is 6.92 Å². The van der Waals surface area contributed by atoms with E-state index in [0.29, 0.717) is 17.4 Å². The van der Waals surface area contributed by atoms with Crippen LogP contribution in [0.15, 0.2) is 12.1 Å². The van der Waals surface area contributed by atoms with Gasteiger partial charge in [0.15, 0.2) is 5.78 Å². The number of rotatable bonds is 3. The van der Waals surface area contributed by atoms with E-state index in [4.69, 9.17) is 4.74 Å². The van der Waals surface area contributed by atoms with Crippen LogP contribution >= 0.6 is 0 Å². The summed E-state index contributed by atoms with van der Waals surface area (Å²) in [5.74, 6) is 0.761. The second-order valence-electron chi connectivity index (χ2n) is 4.44. The maximum absolute atomic E-state index is 11.5. The summed E-state index contributed by atoms with van der Waals surface area (Å²) in [7, 11) is 0. The SMILES string of the molecule is CC(=O)c1ccc(C)nc1NC1CCOCC1. The molecule has 0 aromatic carbocycles. The summed E-state index contributed by atoms with van der Waals surface area (Å²) in [4.78, 5) is 15.9. The smallest absolute Gasteiger partial charge is 0.163 e. The average Bonchev–Trinajstić information content (AvgIpc) is 2.30. The molecule has 1 aromatic rings. The first-order valence-electron chi connectivity index (χ1n) is 5.99. The van der Waals surface area contributed by atoms with Crippen molar-refractivity contribution in [3.05, 3.63) is 23.4 Å².